The third-order valence-electron chi connectivity index (χ3n) is 4.97. The molecule has 0 spiro atoms. The zero-order valence-corrected chi connectivity index (χ0v) is 17.9. The first-order valence-electron chi connectivity index (χ1n) is 9.98. The van der Waals surface area contributed by atoms with Gasteiger partial charge in [0.2, 0.25) is 0 Å². The molecule has 1 aromatic rings. The molecule has 1 amide bonds. The molecule has 1 aliphatic heterocycles. The Labute approximate surface area is 179 Å². The average molecular weight is 440 g/mol. The number of hydrogen-bond acceptors (Lipinski definition) is 4. The van der Waals surface area contributed by atoms with Crippen molar-refractivity contribution in [3.63, 3.8) is 0 Å². The fraction of sp³-hybridized carbons (Fsp3) is 0.545. The number of aromatic carboxylic acids is 1. The van der Waals surface area contributed by atoms with Gasteiger partial charge in [0.05, 0.1) is 12.1 Å². The van der Waals surface area contributed by atoms with Crippen LogP contribution in [0.15, 0.2) is 24.3 Å². The van der Waals surface area contributed by atoms with E-state index in [9.17, 15) is 23.5 Å². The molecule has 2 rings (SSSR count). The summed E-state index contributed by atoms with van der Waals surface area (Å²) >= 11 is 1.14. The first kappa shape index (κ1) is 24.0. The van der Waals surface area contributed by atoms with Gasteiger partial charge in [-0.15, -0.1) is 23.2 Å². The second-order valence-electron chi connectivity index (χ2n) is 7.41. The summed E-state index contributed by atoms with van der Waals surface area (Å²) in [6.45, 7) is 3.90. The molecular weight excluding hydrogens is 412 g/mol. The predicted molar refractivity (Wildman–Crippen MR) is 112 cm³/mol. The van der Waals surface area contributed by atoms with Gasteiger partial charge in [0, 0.05) is 30.7 Å². The quantitative estimate of drug-likeness (QED) is 0.451. The lowest BCUT2D eigenvalue weighted by Crippen LogP contribution is -2.36. The summed E-state index contributed by atoms with van der Waals surface area (Å²) in [5.74, 6) is 0.123. The number of carboxylic acid groups (broad SMARTS) is 1. The van der Waals surface area contributed by atoms with Crippen LogP contribution in [-0.4, -0.2) is 51.6 Å². The van der Waals surface area contributed by atoms with Gasteiger partial charge in [-0.3, -0.25) is 4.79 Å². The maximum Gasteiger partial charge on any atom is 0.345 e. The third-order valence-corrected chi connectivity index (χ3v) is 6.11. The van der Waals surface area contributed by atoms with Crippen LogP contribution >= 0.6 is 11.3 Å². The van der Waals surface area contributed by atoms with Crippen LogP contribution in [0.25, 0.3) is 0 Å². The Hall–Kier alpha value is -2.24. The molecule has 1 aromatic heterocycles. The smallest absolute Gasteiger partial charge is 0.345 e. The van der Waals surface area contributed by atoms with Gasteiger partial charge in [0.1, 0.15) is 4.88 Å². The minimum Gasteiger partial charge on any atom is -0.477 e. The molecule has 1 saturated heterocycles. The van der Waals surface area contributed by atoms with Crippen molar-refractivity contribution >= 4 is 23.2 Å². The lowest BCUT2D eigenvalue weighted by Gasteiger charge is -2.22. The number of likely N-dealkylation sites (tertiary alicyclic amines) is 1. The molecule has 8 heteroatoms. The molecule has 2 N–H and O–H groups in total. The van der Waals surface area contributed by atoms with Gasteiger partial charge >= 0.3 is 11.9 Å². The van der Waals surface area contributed by atoms with Gasteiger partial charge < -0.3 is 15.1 Å². The van der Waals surface area contributed by atoms with Crippen molar-refractivity contribution in [2.45, 2.75) is 64.0 Å². The number of aryl methyl sites for hydroxylation is 1. The van der Waals surface area contributed by atoms with Crippen LogP contribution in [0.2, 0.25) is 0 Å². The minimum atomic E-state index is -3.42. The van der Waals surface area contributed by atoms with E-state index >= 15 is 0 Å². The number of thiophene rings is 1. The SMILES string of the molecule is CCC#CCC(C)[C@@H](O)/C=C/[C@H]1CC(F)(F)C(=O)N1CCCc1ccc(C(=O)O)s1. The van der Waals surface area contributed by atoms with Crippen molar-refractivity contribution in [2.24, 2.45) is 5.92 Å². The van der Waals surface area contributed by atoms with Crippen molar-refractivity contribution in [1.29, 1.82) is 0 Å². The van der Waals surface area contributed by atoms with Crippen LogP contribution in [0.4, 0.5) is 8.78 Å². The molecule has 1 aliphatic rings. The number of carboxylic acids is 1. The van der Waals surface area contributed by atoms with Gasteiger partial charge in [-0.2, -0.15) is 8.78 Å². The normalized spacial score (nSPS) is 20.2. The Morgan fingerprint density at radius 1 is 1.43 bits per heavy atom. The molecule has 0 radical (unpaired) electrons. The van der Waals surface area contributed by atoms with Crippen LogP contribution in [0, 0.1) is 17.8 Å². The Kier molecular flexibility index (Phi) is 8.56. The van der Waals surface area contributed by atoms with Gasteiger partial charge in [0.15, 0.2) is 0 Å². The topological polar surface area (TPSA) is 77.8 Å². The molecule has 5 nitrogen and oxygen atoms in total. The summed E-state index contributed by atoms with van der Waals surface area (Å²) in [7, 11) is 0. The molecule has 0 aliphatic carbocycles. The zero-order valence-electron chi connectivity index (χ0n) is 17.1. The second-order valence-corrected chi connectivity index (χ2v) is 8.58. The van der Waals surface area contributed by atoms with Crippen molar-refractivity contribution in [1.82, 2.24) is 4.90 Å². The van der Waals surface area contributed by atoms with Gasteiger partial charge in [-0.25, -0.2) is 4.79 Å². The average Bonchev–Trinajstić information content (AvgIpc) is 3.24. The molecule has 0 aromatic carbocycles. The molecule has 0 saturated carbocycles. The number of aliphatic hydroxyl groups excluding tert-OH is 1. The molecule has 1 fully saturated rings. The molecular formula is C22H27F2NO4S. The van der Waals surface area contributed by atoms with Crippen LogP contribution in [0.1, 0.15) is 54.1 Å². The number of rotatable bonds is 9. The molecule has 0 bridgehead atoms. The summed E-state index contributed by atoms with van der Waals surface area (Å²) in [6.07, 6.45) is 3.70. The Bertz CT molecular complexity index is 840. The summed E-state index contributed by atoms with van der Waals surface area (Å²) in [4.78, 5) is 25.3. The van der Waals surface area contributed by atoms with Crippen molar-refractivity contribution in [2.75, 3.05) is 6.54 Å². The van der Waals surface area contributed by atoms with Crippen molar-refractivity contribution in [3.05, 3.63) is 34.0 Å². The van der Waals surface area contributed by atoms with E-state index < -0.39 is 36.4 Å². The minimum absolute atomic E-state index is 0.136. The molecule has 2 heterocycles. The number of carbonyl (C=O) groups is 2. The fourth-order valence-electron chi connectivity index (χ4n) is 3.22. The highest BCUT2D eigenvalue weighted by molar-refractivity contribution is 7.13. The van der Waals surface area contributed by atoms with E-state index in [0.717, 1.165) is 27.5 Å². The van der Waals surface area contributed by atoms with Gasteiger partial charge in [-0.05, 0) is 30.9 Å². The van der Waals surface area contributed by atoms with E-state index in [1.807, 2.05) is 13.8 Å². The number of aliphatic hydroxyl groups is 1. The molecule has 3 atom stereocenters. The standard InChI is InChI=1S/C22H27F2NO4S/c1-3-4-5-7-15(2)18(26)11-9-16-14-22(23,24)21(29)25(16)13-6-8-17-10-12-19(30-17)20(27)28/h9-12,15-16,18,26H,3,6-8,13-14H2,1-2H3,(H,27,28)/b11-9+/t15?,16-,18-/m0/s1. The molecule has 1 unspecified atom stereocenters. The summed E-state index contributed by atoms with van der Waals surface area (Å²) < 4.78 is 28.0. The van der Waals surface area contributed by atoms with Crippen LogP contribution in [0.3, 0.4) is 0 Å². The first-order chi connectivity index (χ1) is 14.2. The summed E-state index contributed by atoms with van der Waals surface area (Å²) in [5, 5.41) is 19.2. The van der Waals surface area contributed by atoms with Gasteiger partial charge in [-0.1, -0.05) is 26.0 Å². The number of nitrogens with zero attached hydrogens (tertiary/aromatic N) is 1. The first-order valence-corrected chi connectivity index (χ1v) is 10.8. The Morgan fingerprint density at radius 2 is 2.17 bits per heavy atom. The van der Waals surface area contributed by atoms with E-state index in [1.165, 1.54) is 18.2 Å². The lowest BCUT2D eigenvalue weighted by atomic mass is 9.99. The highest BCUT2D eigenvalue weighted by Crippen LogP contribution is 2.34. The third kappa shape index (κ3) is 6.38. The Morgan fingerprint density at radius 3 is 2.80 bits per heavy atom. The Balaban J connectivity index is 1.97. The number of halogens is 2. The van der Waals surface area contributed by atoms with E-state index in [0.29, 0.717) is 19.3 Å². The maximum atomic E-state index is 14.0. The number of amides is 1. The number of carbonyl (C=O) groups excluding carboxylic acids is 1. The predicted octanol–water partition coefficient (Wildman–Crippen LogP) is 3.97. The monoisotopic (exact) mass is 439 g/mol. The largest absolute Gasteiger partial charge is 0.477 e. The number of hydrogen-bond donors (Lipinski definition) is 2. The summed E-state index contributed by atoms with van der Waals surface area (Å²) in [5.41, 5.74) is 0. The maximum absolute atomic E-state index is 14.0. The lowest BCUT2D eigenvalue weighted by molar-refractivity contribution is -0.148. The van der Waals surface area contributed by atoms with Crippen LogP contribution in [0.5, 0.6) is 0 Å². The molecule has 164 valence electrons. The fourth-order valence-corrected chi connectivity index (χ4v) is 4.11. The second kappa shape index (κ2) is 10.7. The van der Waals surface area contributed by atoms with E-state index in [1.54, 1.807) is 6.07 Å². The van der Waals surface area contributed by atoms with Crippen molar-refractivity contribution in [3.8, 4) is 11.8 Å². The summed E-state index contributed by atoms with van der Waals surface area (Å²) in [6, 6.07) is 2.43. The van der Waals surface area contributed by atoms with Gasteiger partial charge in [0.25, 0.3) is 5.91 Å². The number of alkyl halides is 2. The zero-order chi connectivity index (χ0) is 22.3. The molecule has 30 heavy (non-hydrogen) atoms. The van der Waals surface area contributed by atoms with E-state index in [2.05, 4.69) is 11.8 Å². The van der Waals surface area contributed by atoms with E-state index in [4.69, 9.17) is 5.11 Å². The highest BCUT2D eigenvalue weighted by atomic mass is 32.1. The van der Waals surface area contributed by atoms with Crippen LogP contribution < -0.4 is 0 Å². The highest BCUT2D eigenvalue weighted by Gasteiger charge is 2.52. The van der Waals surface area contributed by atoms with Crippen molar-refractivity contribution < 1.29 is 28.6 Å². The van der Waals surface area contributed by atoms with Crippen LogP contribution in [-0.2, 0) is 11.2 Å². The van der Waals surface area contributed by atoms with E-state index in [-0.39, 0.29) is 17.3 Å².